The van der Waals surface area contributed by atoms with E-state index in [0.717, 1.165) is 32.1 Å². The fourth-order valence-electron chi connectivity index (χ4n) is 2.82. The van der Waals surface area contributed by atoms with Crippen LogP contribution in [0, 0.1) is 5.92 Å². The number of methoxy groups -OCH3 is 1. The SMILES string of the molecule is CCNC(C)c1cccnc1N1CCC(COC)C1. The minimum Gasteiger partial charge on any atom is -0.384 e. The molecule has 0 bridgehead atoms. The van der Waals surface area contributed by atoms with E-state index in [4.69, 9.17) is 4.74 Å². The highest BCUT2D eigenvalue weighted by molar-refractivity contribution is 5.49. The molecular formula is C15H25N3O. The zero-order valence-corrected chi connectivity index (χ0v) is 12.2. The van der Waals surface area contributed by atoms with E-state index in [1.165, 1.54) is 12.0 Å². The van der Waals surface area contributed by atoms with Crippen LogP contribution in [0.15, 0.2) is 18.3 Å². The number of nitrogens with zero attached hydrogens (tertiary/aromatic N) is 2. The van der Waals surface area contributed by atoms with Crippen LogP contribution in [0.4, 0.5) is 5.82 Å². The maximum Gasteiger partial charge on any atom is 0.133 e. The molecule has 4 heteroatoms. The lowest BCUT2D eigenvalue weighted by Crippen LogP contribution is -2.26. The quantitative estimate of drug-likeness (QED) is 0.854. The van der Waals surface area contributed by atoms with Gasteiger partial charge in [-0.25, -0.2) is 4.98 Å². The summed E-state index contributed by atoms with van der Waals surface area (Å²) >= 11 is 0. The smallest absolute Gasteiger partial charge is 0.133 e. The van der Waals surface area contributed by atoms with E-state index in [1.54, 1.807) is 7.11 Å². The molecule has 1 aromatic heterocycles. The number of rotatable bonds is 6. The molecule has 0 radical (unpaired) electrons. The van der Waals surface area contributed by atoms with Crippen LogP contribution in [-0.4, -0.2) is 38.3 Å². The van der Waals surface area contributed by atoms with Crippen molar-refractivity contribution in [3.63, 3.8) is 0 Å². The number of hydrogen-bond acceptors (Lipinski definition) is 4. The molecule has 1 aliphatic rings. The molecule has 1 aliphatic heterocycles. The van der Waals surface area contributed by atoms with Gasteiger partial charge in [0.25, 0.3) is 0 Å². The summed E-state index contributed by atoms with van der Waals surface area (Å²) in [5.41, 5.74) is 1.29. The lowest BCUT2D eigenvalue weighted by atomic mass is 10.1. The number of nitrogens with one attached hydrogen (secondary N) is 1. The zero-order valence-electron chi connectivity index (χ0n) is 12.2. The van der Waals surface area contributed by atoms with E-state index in [1.807, 2.05) is 12.3 Å². The van der Waals surface area contributed by atoms with Crippen LogP contribution in [0.5, 0.6) is 0 Å². The molecule has 0 aromatic carbocycles. The first-order valence-electron chi connectivity index (χ1n) is 7.18. The standard InChI is InChI=1S/C15H25N3O/c1-4-16-12(2)14-6-5-8-17-15(14)18-9-7-13(10-18)11-19-3/h5-6,8,12-13,16H,4,7,9-11H2,1-3H3. The molecule has 2 unspecified atom stereocenters. The minimum atomic E-state index is 0.343. The molecule has 4 nitrogen and oxygen atoms in total. The van der Waals surface area contributed by atoms with E-state index in [-0.39, 0.29) is 0 Å². The maximum absolute atomic E-state index is 5.27. The van der Waals surface area contributed by atoms with Crippen LogP contribution in [0.25, 0.3) is 0 Å². The molecule has 2 heterocycles. The van der Waals surface area contributed by atoms with Gasteiger partial charge in [-0.05, 0) is 26.0 Å². The summed E-state index contributed by atoms with van der Waals surface area (Å²) in [5, 5.41) is 3.47. The lowest BCUT2D eigenvalue weighted by molar-refractivity contribution is 0.161. The van der Waals surface area contributed by atoms with E-state index in [9.17, 15) is 0 Å². The van der Waals surface area contributed by atoms with Gasteiger partial charge in [0.1, 0.15) is 5.82 Å². The first-order valence-corrected chi connectivity index (χ1v) is 7.18. The monoisotopic (exact) mass is 263 g/mol. The van der Waals surface area contributed by atoms with Crippen LogP contribution >= 0.6 is 0 Å². The van der Waals surface area contributed by atoms with E-state index < -0.39 is 0 Å². The topological polar surface area (TPSA) is 37.4 Å². The van der Waals surface area contributed by atoms with Crippen molar-refractivity contribution in [3.8, 4) is 0 Å². The van der Waals surface area contributed by atoms with E-state index >= 15 is 0 Å². The molecule has 0 saturated carbocycles. The molecule has 2 atom stereocenters. The summed E-state index contributed by atoms with van der Waals surface area (Å²) in [7, 11) is 1.78. The van der Waals surface area contributed by atoms with E-state index in [0.29, 0.717) is 12.0 Å². The van der Waals surface area contributed by atoms with Crippen LogP contribution < -0.4 is 10.2 Å². The maximum atomic E-state index is 5.27. The first kappa shape index (κ1) is 14.3. The molecule has 0 amide bonds. The third-order valence-corrected chi connectivity index (χ3v) is 3.78. The van der Waals surface area contributed by atoms with Gasteiger partial charge >= 0.3 is 0 Å². The van der Waals surface area contributed by atoms with Gasteiger partial charge in [-0.1, -0.05) is 13.0 Å². The van der Waals surface area contributed by atoms with Crippen LogP contribution in [0.3, 0.4) is 0 Å². The summed E-state index contributed by atoms with van der Waals surface area (Å²) in [5.74, 6) is 1.77. The third-order valence-electron chi connectivity index (χ3n) is 3.78. The Morgan fingerprint density at radius 3 is 3.16 bits per heavy atom. The Balaban J connectivity index is 2.12. The Kier molecular flexibility index (Phi) is 5.16. The van der Waals surface area contributed by atoms with Crippen LogP contribution in [-0.2, 0) is 4.74 Å². The largest absolute Gasteiger partial charge is 0.384 e. The molecular weight excluding hydrogens is 238 g/mol. The van der Waals surface area contributed by atoms with Crippen molar-refractivity contribution in [2.45, 2.75) is 26.3 Å². The molecule has 1 N–H and O–H groups in total. The van der Waals surface area contributed by atoms with Crippen LogP contribution in [0.2, 0.25) is 0 Å². The van der Waals surface area contributed by atoms with Gasteiger partial charge in [-0.15, -0.1) is 0 Å². The van der Waals surface area contributed by atoms with Crippen molar-refractivity contribution in [2.75, 3.05) is 38.3 Å². The fourth-order valence-corrected chi connectivity index (χ4v) is 2.82. The predicted octanol–water partition coefficient (Wildman–Crippen LogP) is 2.22. The first-order chi connectivity index (χ1) is 9.26. The molecule has 1 saturated heterocycles. The number of hydrogen-bond donors (Lipinski definition) is 1. The lowest BCUT2D eigenvalue weighted by Gasteiger charge is -2.23. The number of ether oxygens (including phenoxy) is 1. The molecule has 0 spiro atoms. The summed E-state index contributed by atoms with van der Waals surface area (Å²) in [6, 6.07) is 4.55. The zero-order chi connectivity index (χ0) is 13.7. The fraction of sp³-hybridized carbons (Fsp3) is 0.667. The molecule has 2 rings (SSSR count). The highest BCUT2D eigenvalue weighted by Gasteiger charge is 2.25. The van der Waals surface area contributed by atoms with Gasteiger partial charge < -0.3 is 15.0 Å². The van der Waals surface area contributed by atoms with E-state index in [2.05, 4.69) is 35.1 Å². The minimum absolute atomic E-state index is 0.343. The Morgan fingerprint density at radius 2 is 2.42 bits per heavy atom. The average Bonchev–Trinajstić information content (AvgIpc) is 2.88. The Labute approximate surface area is 116 Å². The normalized spacial score (nSPS) is 20.8. The molecule has 1 aromatic rings. The second kappa shape index (κ2) is 6.87. The van der Waals surface area contributed by atoms with Crippen LogP contribution in [0.1, 0.15) is 31.9 Å². The second-order valence-corrected chi connectivity index (χ2v) is 5.25. The average molecular weight is 263 g/mol. The molecule has 1 fully saturated rings. The van der Waals surface area contributed by atoms with Gasteiger partial charge in [0, 0.05) is 43.9 Å². The highest BCUT2D eigenvalue weighted by atomic mass is 16.5. The van der Waals surface area contributed by atoms with Crippen molar-refractivity contribution in [1.82, 2.24) is 10.3 Å². The van der Waals surface area contributed by atoms with Gasteiger partial charge in [0.05, 0.1) is 6.61 Å². The molecule has 19 heavy (non-hydrogen) atoms. The molecule has 106 valence electrons. The number of aromatic nitrogens is 1. The summed E-state index contributed by atoms with van der Waals surface area (Å²) in [6.07, 6.45) is 3.08. The van der Waals surface area contributed by atoms with Gasteiger partial charge in [-0.2, -0.15) is 0 Å². The Bertz CT molecular complexity index is 397. The summed E-state index contributed by atoms with van der Waals surface area (Å²) < 4.78 is 5.27. The van der Waals surface area contributed by atoms with Crippen molar-refractivity contribution < 1.29 is 4.74 Å². The summed E-state index contributed by atoms with van der Waals surface area (Å²) in [6.45, 7) is 8.29. The Morgan fingerprint density at radius 1 is 1.58 bits per heavy atom. The second-order valence-electron chi connectivity index (χ2n) is 5.25. The number of pyridine rings is 1. The van der Waals surface area contributed by atoms with Crippen molar-refractivity contribution in [3.05, 3.63) is 23.9 Å². The summed E-state index contributed by atoms with van der Waals surface area (Å²) in [4.78, 5) is 7.00. The third kappa shape index (κ3) is 3.45. The van der Waals surface area contributed by atoms with Gasteiger partial charge in [0.2, 0.25) is 0 Å². The predicted molar refractivity (Wildman–Crippen MR) is 78.5 cm³/mol. The van der Waals surface area contributed by atoms with Crippen molar-refractivity contribution in [1.29, 1.82) is 0 Å². The highest BCUT2D eigenvalue weighted by Crippen LogP contribution is 2.28. The van der Waals surface area contributed by atoms with Crippen molar-refractivity contribution in [2.24, 2.45) is 5.92 Å². The van der Waals surface area contributed by atoms with Gasteiger partial charge in [0.15, 0.2) is 0 Å². The van der Waals surface area contributed by atoms with Crippen molar-refractivity contribution >= 4 is 5.82 Å². The number of anilines is 1. The van der Waals surface area contributed by atoms with Gasteiger partial charge in [-0.3, -0.25) is 0 Å². The Hall–Kier alpha value is -1.13. The molecule has 0 aliphatic carbocycles.